The molecule has 0 aliphatic rings. The Kier molecular flexibility index (Phi) is 6.01. The van der Waals surface area contributed by atoms with Crippen molar-refractivity contribution in [2.45, 2.75) is 11.3 Å². The Morgan fingerprint density at radius 1 is 1.07 bits per heavy atom. The van der Waals surface area contributed by atoms with Gasteiger partial charge in [0.2, 0.25) is 5.13 Å². The maximum atomic E-state index is 12.4. The van der Waals surface area contributed by atoms with Crippen LogP contribution in [0, 0.1) is 6.92 Å². The summed E-state index contributed by atoms with van der Waals surface area (Å²) in [5.41, 5.74) is 2.77. The first kappa shape index (κ1) is 20.0. The van der Waals surface area contributed by atoms with Crippen molar-refractivity contribution in [3.05, 3.63) is 77.5 Å². The summed E-state index contributed by atoms with van der Waals surface area (Å²) in [5.74, 6) is 0.321. The number of hydrogen-bond donors (Lipinski definition) is 1. The summed E-state index contributed by atoms with van der Waals surface area (Å²) in [5, 5.41) is 14.8. The fourth-order valence-corrected chi connectivity index (χ4v) is 4.19. The highest BCUT2D eigenvalue weighted by Gasteiger charge is 2.16. The van der Waals surface area contributed by atoms with Gasteiger partial charge in [-0.25, -0.2) is 0 Å². The van der Waals surface area contributed by atoms with E-state index >= 15 is 0 Å². The van der Waals surface area contributed by atoms with Gasteiger partial charge in [-0.2, -0.15) is 0 Å². The van der Waals surface area contributed by atoms with E-state index in [0.29, 0.717) is 20.8 Å². The molecule has 0 fully saturated rings. The summed E-state index contributed by atoms with van der Waals surface area (Å²) in [6.07, 6.45) is 0. The maximum Gasteiger partial charge on any atom is 0.279 e. The highest BCUT2D eigenvalue weighted by Crippen LogP contribution is 2.27. The lowest BCUT2D eigenvalue weighted by molar-refractivity contribution is 0.101. The van der Waals surface area contributed by atoms with E-state index < -0.39 is 5.91 Å². The van der Waals surface area contributed by atoms with Crippen molar-refractivity contribution in [3.8, 4) is 11.3 Å². The maximum absolute atomic E-state index is 12.4. The lowest BCUT2D eigenvalue weighted by atomic mass is 10.1. The zero-order chi connectivity index (χ0) is 20.9. The minimum absolute atomic E-state index is 0.00705. The van der Waals surface area contributed by atoms with Crippen LogP contribution in [0.15, 0.2) is 69.5 Å². The molecule has 0 unspecified atom stereocenters. The molecule has 2 aromatic heterocycles. The molecule has 0 saturated carbocycles. The Balaban J connectivity index is 1.35. The first-order valence-electron chi connectivity index (χ1n) is 8.98. The number of anilines is 1. The van der Waals surface area contributed by atoms with E-state index in [2.05, 4.69) is 20.7 Å². The van der Waals surface area contributed by atoms with Crippen LogP contribution in [-0.4, -0.2) is 32.8 Å². The van der Waals surface area contributed by atoms with Gasteiger partial charge >= 0.3 is 0 Å². The molecule has 9 heteroatoms. The molecule has 0 atom stereocenters. The number of carbonyl (C=O) groups excluding carboxylic acids is 2. The number of thioether (sulfide) groups is 1. The number of carbonyl (C=O) groups is 2. The van der Waals surface area contributed by atoms with Crippen molar-refractivity contribution in [1.82, 2.24) is 15.4 Å². The lowest BCUT2D eigenvalue weighted by Crippen LogP contribution is -2.11. The van der Waals surface area contributed by atoms with Crippen molar-refractivity contribution in [2.24, 2.45) is 0 Å². The summed E-state index contributed by atoms with van der Waals surface area (Å²) < 4.78 is 5.87. The zero-order valence-electron chi connectivity index (χ0n) is 15.9. The van der Waals surface area contributed by atoms with Gasteiger partial charge in [0.25, 0.3) is 5.91 Å². The smallest absolute Gasteiger partial charge is 0.279 e. The SMILES string of the molecule is Cc1ccc(-c2cc(C(=O)Nc3nnc(SCC(=O)c4ccccc4)s3)no2)cc1. The van der Waals surface area contributed by atoms with Gasteiger partial charge in [-0.15, -0.1) is 10.2 Å². The largest absolute Gasteiger partial charge is 0.355 e. The van der Waals surface area contributed by atoms with Crippen molar-refractivity contribution in [3.63, 3.8) is 0 Å². The Hall–Kier alpha value is -3.30. The molecular weight excluding hydrogens is 420 g/mol. The Labute approximate surface area is 180 Å². The monoisotopic (exact) mass is 436 g/mol. The number of nitrogens with zero attached hydrogens (tertiary/aromatic N) is 3. The molecule has 4 rings (SSSR count). The van der Waals surface area contributed by atoms with Gasteiger partial charge in [0.05, 0.1) is 5.75 Å². The molecule has 0 saturated heterocycles. The van der Waals surface area contributed by atoms with Crippen LogP contribution in [0.3, 0.4) is 0 Å². The number of aryl methyl sites for hydroxylation is 1. The van der Waals surface area contributed by atoms with Crippen LogP contribution < -0.4 is 5.32 Å². The summed E-state index contributed by atoms with van der Waals surface area (Å²) in [6.45, 7) is 2.00. The lowest BCUT2D eigenvalue weighted by Gasteiger charge is -1.98. The molecule has 7 nitrogen and oxygen atoms in total. The number of aromatic nitrogens is 3. The van der Waals surface area contributed by atoms with Crippen LogP contribution in [0.2, 0.25) is 0 Å². The van der Waals surface area contributed by atoms with Gasteiger partial charge in [0, 0.05) is 17.2 Å². The van der Waals surface area contributed by atoms with Crippen LogP contribution in [-0.2, 0) is 0 Å². The minimum atomic E-state index is -0.440. The molecule has 0 spiro atoms. The molecule has 150 valence electrons. The average Bonchev–Trinajstić information content (AvgIpc) is 3.43. The van der Waals surface area contributed by atoms with Crippen LogP contribution in [0.25, 0.3) is 11.3 Å². The van der Waals surface area contributed by atoms with Crippen LogP contribution in [0.5, 0.6) is 0 Å². The molecule has 0 radical (unpaired) electrons. The van der Waals surface area contributed by atoms with Crippen LogP contribution in [0.4, 0.5) is 5.13 Å². The second kappa shape index (κ2) is 9.02. The minimum Gasteiger partial charge on any atom is -0.355 e. The number of benzene rings is 2. The van der Waals surface area contributed by atoms with Gasteiger partial charge in [0.1, 0.15) is 0 Å². The van der Waals surface area contributed by atoms with Crippen molar-refractivity contribution >= 4 is 39.9 Å². The average molecular weight is 437 g/mol. The Bertz CT molecular complexity index is 1170. The number of ketones is 1. The van der Waals surface area contributed by atoms with Crippen molar-refractivity contribution in [1.29, 1.82) is 0 Å². The quantitative estimate of drug-likeness (QED) is 0.254. The molecule has 2 aromatic carbocycles. The fraction of sp³-hybridized carbons (Fsp3) is 0.0952. The van der Waals surface area contributed by atoms with Crippen molar-refractivity contribution in [2.75, 3.05) is 11.1 Å². The Morgan fingerprint density at radius 3 is 2.60 bits per heavy atom. The Morgan fingerprint density at radius 2 is 1.83 bits per heavy atom. The third-order valence-electron chi connectivity index (χ3n) is 4.13. The summed E-state index contributed by atoms with van der Waals surface area (Å²) in [7, 11) is 0. The third kappa shape index (κ3) is 4.81. The molecule has 4 aromatic rings. The summed E-state index contributed by atoms with van der Waals surface area (Å²) >= 11 is 2.48. The highest BCUT2D eigenvalue weighted by molar-refractivity contribution is 8.01. The standard InChI is InChI=1S/C21H16N4O3S2/c1-13-7-9-15(10-8-13)18-11-16(25-28-18)19(27)22-20-23-24-21(30-20)29-12-17(26)14-5-3-2-4-6-14/h2-11H,12H2,1H3,(H,22,23,27). The number of Topliss-reactive ketones (excluding diaryl/α,β-unsaturated/α-hetero) is 1. The first-order valence-corrected chi connectivity index (χ1v) is 10.8. The fourth-order valence-electron chi connectivity index (χ4n) is 2.55. The van der Waals surface area contributed by atoms with Crippen LogP contribution >= 0.6 is 23.1 Å². The van der Waals surface area contributed by atoms with E-state index in [9.17, 15) is 9.59 Å². The highest BCUT2D eigenvalue weighted by atomic mass is 32.2. The van der Waals surface area contributed by atoms with E-state index in [1.165, 1.54) is 23.1 Å². The van der Waals surface area contributed by atoms with E-state index in [1.54, 1.807) is 18.2 Å². The number of amides is 1. The normalized spacial score (nSPS) is 10.7. The van der Waals surface area contributed by atoms with Crippen LogP contribution in [0.1, 0.15) is 26.4 Å². The van der Waals surface area contributed by atoms with Crippen molar-refractivity contribution < 1.29 is 14.1 Å². The molecule has 1 N–H and O–H groups in total. The second-order valence-corrected chi connectivity index (χ2v) is 8.55. The molecule has 0 aliphatic heterocycles. The van der Waals surface area contributed by atoms with E-state index in [4.69, 9.17) is 4.52 Å². The van der Waals surface area contributed by atoms with Gasteiger partial charge in [0.15, 0.2) is 21.6 Å². The molecule has 1 amide bonds. The van der Waals surface area contributed by atoms with E-state index in [-0.39, 0.29) is 17.2 Å². The van der Waals surface area contributed by atoms with Gasteiger partial charge in [-0.1, -0.05) is 88.4 Å². The number of rotatable bonds is 7. The number of nitrogens with one attached hydrogen (secondary N) is 1. The van der Waals surface area contributed by atoms with Gasteiger partial charge in [-0.05, 0) is 6.92 Å². The zero-order valence-corrected chi connectivity index (χ0v) is 17.5. The summed E-state index contributed by atoms with van der Waals surface area (Å²) in [6, 6.07) is 18.4. The topological polar surface area (TPSA) is 98.0 Å². The van der Waals surface area contributed by atoms with Gasteiger partial charge in [-0.3, -0.25) is 14.9 Å². The van der Waals surface area contributed by atoms with E-state index in [1.807, 2.05) is 49.4 Å². The molecular formula is C21H16N4O3S2. The van der Waals surface area contributed by atoms with Gasteiger partial charge < -0.3 is 4.52 Å². The first-order chi connectivity index (χ1) is 14.6. The predicted octanol–water partition coefficient (Wildman–Crippen LogP) is 4.73. The summed E-state index contributed by atoms with van der Waals surface area (Å²) in [4.78, 5) is 24.6. The predicted molar refractivity (Wildman–Crippen MR) is 116 cm³/mol. The third-order valence-corrected chi connectivity index (χ3v) is 6.10. The van der Waals surface area contributed by atoms with E-state index in [0.717, 1.165) is 11.1 Å². The second-order valence-electron chi connectivity index (χ2n) is 6.35. The molecule has 0 aliphatic carbocycles. The molecule has 0 bridgehead atoms. The molecule has 2 heterocycles. The molecule has 30 heavy (non-hydrogen) atoms. The number of hydrogen-bond acceptors (Lipinski definition) is 8.